The van der Waals surface area contributed by atoms with Gasteiger partial charge in [-0.05, 0) is 30.2 Å². The Morgan fingerprint density at radius 2 is 2.02 bits per heavy atom. The van der Waals surface area contributed by atoms with E-state index in [0.717, 1.165) is 11.3 Å². The highest BCUT2D eigenvalue weighted by Crippen LogP contribution is 2.37. The summed E-state index contributed by atoms with van der Waals surface area (Å²) in [6, 6.07) is 4.71. The Bertz CT molecular complexity index is 1410. The van der Waals surface area contributed by atoms with Crippen molar-refractivity contribution in [1.82, 2.24) is 15.2 Å². The number of anilines is 1. The van der Waals surface area contributed by atoms with Crippen LogP contribution in [0, 0.1) is 10.1 Å². The number of nitrogens with one attached hydrogen (secondary N) is 1. The molecule has 0 bridgehead atoms. The number of ether oxygens (including phenoxy) is 2. The highest BCUT2D eigenvalue weighted by atomic mass is 32.2. The number of non-ortho nitro benzene ring substituents is 1. The summed E-state index contributed by atoms with van der Waals surface area (Å²) in [4.78, 5) is 70.6. The Balaban J connectivity index is 1.22. The molecule has 3 heterocycles. The number of fused-ring (bicyclic) bond motifs is 1. The molecule has 4 rings (SSSR count). The summed E-state index contributed by atoms with van der Waals surface area (Å²) in [6.07, 6.45) is 1.73. The second kappa shape index (κ2) is 13.2. The molecule has 2 aromatic rings. The van der Waals surface area contributed by atoms with E-state index in [4.69, 9.17) is 20.0 Å². The molecule has 2 atom stereocenters. The van der Waals surface area contributed by atoms with Gasteiger partial charge in [-0.25, -0.2) is 9.78 Å². The monoisotopic (exact) mass is 604 g/mol. The van der Waals surface area contributed by atoms with E-state index in [1.165, 1.54) is 53.4 Å². The lowest BCUT2D eigenvalue weighted by Gasteiger charge is -2.48. The van der Waals surface area contributed by atoms with E-state index in [0.29, 0.717) is 11.3 Å². The highest BCUT2D eigenvalue weighted by molar-refractivity contribution is 8.00. The molecular weight excluding hydrogens is 580 g/mol. The Hall–Kier alpha value is -4.51. The zero-order valence-corrected chi connectivity index (χ0v) is 23.1. The van der Waals surface area contributed by atoms with Crippen molar-refractivity contribution in [3.63, 3.8) is 0 Å². The molecule has 0 aliphatic carbocycles. The summed E-state index contributed by atoms with van der Waals surface area (Å²) < 4.78 is 10.4. The third kappa shape index (κ3) is 6.98. The van der Waals surface area contributed by atoms with Crippen LogP contribution >= 0.6 is 23.1 Å². The van der Waals surface area contributed by atoms with Crippen molar-refractivity contribution in [2.24, 2.45) is 5.16 Å². The first-order valence-corrected chi connectivity index (χ1v) is 14.0. The molecule has 0 saturated carbocycles. The number of nitro benzene ring substituents is 1. The molecule has 15 nitrogen and oxygen atoms in total. The van der Waals surface area contributed by atoms with Crippen LogP contribution in [-0.4, -0.2) is 75.2 Å². The number of rotatable bonds is 12. The minimum absolute atomic E-state index is 0.0233. The number of carbonyl (C=O) groups excluding carboxylic acids is 4. The molecule has 1 saturated heterocycles. The molecule has 2 aliphatic rings. The van der Waals surface area contributed by atoms with Crippen molar-refractivity contribution in [3.05, 3.63) is 62.8 Å². The lowest BCUT2D eigenvalue weighted by atomic mass is 10.0. The van der Waals surface area contributed by atoms with E-state index in [1.807, 2.05) is 0 Å². The van der Waals surface area contributed by atoms with Gasteiger partial charge >= 0.3 is 11.9 Å². The van der Waals surface area contributed by atoms with Crippen LogP contribution in [0.1, 0.15) is 24.1 Å². The minimum Gasteiger partial charge on any atom is -0.461 e. The van der Waals surface area contributed by atoms with Crippen LogP contribution in [0.25, 0.3) is 0 Å². The number of carbonyl (C=O) groups is 4. The molecule has 0 spiro atoms. The second-order valence-electron chi connectivity index (χ2n) is 8.49. The Morgan fingerprint density at radius 1 is 1.27 bits per heavy atom. The lowest BCUT2D eigenvalue weighted by molar-refractivity contribution is -0.384. The number of nitrogens with two attached hydrogens (primary N) is 1. The lowest BCUT2D eigenvalue weighted by Crippen LogP contribution is -2.70. The first kappa shape index (κ1) is 29.5. The van der Waals surface area contributed by atoms with Gasteiger partial charge in [0.15, 0.2) is 10.8 Å². The maximum Gasteiger partial charge on any atom is 0.354 e. The van der Waals surface area contributed by atoms with Crippen molar-refractivity contribution in [2.75, 3.05) is 25.2 Å². The minimum atomic E-state index is -0.910. The number of β-lactam (4-membered cyclic amide) rings is 1. The average molecular weight is 605 g/mol. The number of aromatic nitrogens is 1. The molecule has 1 fully saturated rings. The van der Waals surface area contributed by atoms with Gasteiger partial charge in [0, 0.05) is 29.7 Å². The molecule has 1 aromatic heterocycles. The summed E-state index contributed by atoms with van der Waals surface area (Å²) in [6.45, 7) is -0.135. The Labute approximate surface area is 240 Å². The van der Waals surface area contributed by atoms with Gasteiger partial charge in [-0.3, -0.25) is 29.4 Å². The first-order chi connectivity index (χ1) is 19.7. The fraction of sp³-hybridized carbons (Fsp3) is 0.333. The molecule has 1 unspecified atom stereocenters. The number of nitrogen functional groups attached to an aromatic ring is 1. The molecule has 0 radical (unpaired) electrons. The molecule has 2 aliphatic heterocycles. The van der Waals surface area contributed by atoms with Gasteiger partial charge in [-0.1, -0.05) is 5.16 Å². The maximum atomic E-state index is 12.9. The Morgan fingerprint density at radius 3 is 2.68 bits per heavy atom. The van der Waals surface area contributed by atoms with Gasteiger partial charge in [0.2, 0.25) is 0 Å². The predicted molar refractivity (Wildman–Crippen MR) is 146 cm³/mol. The number of benzene rings is 1. The number of nitrogens with zero attached hydrogens (tertiary/aromatic N) is 4. The number of hydrogen-bond donors (Lipinski definition) is 2. The summed E-state index contributed by atoms with van der Waals surface area (Å²) >= 11 is 2.47. The normalized spacial score (nSPS) is 18.0. The van der Waals surface area contributed by atoms with Gasteiger partial charge < -0.3 is 25.4 Å². The number of oxime groups is 1. The Kier molecular flexibility index (Phi) is 9.51. The zero-order valence-electron chi connectivity index (χ0n) is 21.5. The van der Waals surface area contributed by atoms with Crippen molar-refractivity contribution < 1.29 is 38.4 Å². The number of esters is 2. The number of amides is 2. The summed E-state index contributed by atoms with van der Waals surface area (Å²) in [5.41, 5.74) is 6.28. The predicted octanol–water partition coefficient (Wildman–Crippen LogP) is 1.33. The zero-order chi connectivity index (χ0) is 29.5. The topological polar surface area (TPSA) is 206 Å². The van der Waals surface area contributed by atoms with Gasteiger partial charge in [0.25, 0.3) is 17.5 Å². The van der Waals surface area contributed by atoms with Crippen molar-refractivity contribution >= 4 is 63.4 Å². The van der Waals surface area contributed by atoms with Gasteiger partial charge in [0.1, 0.15) is 36.5 Å². The van der Waals surface area contributed by atoms with Crippen LogP contribution in [0.4, 0.5) is 10.8 Å². The van der Waals surface area contributed by atoms with Crippen LogP contribution in [0.2, 0.25) is 0 Å². The van der Waals surface area contributed by atoms with E-state index < -0.39 is 40.1 Å². The molecule has 17 heteroatoms. The van der Waals surface area contributed by atoms with E-state index in [2.05, 4.69) is 15.5 Å². The molecular formula is C24H24N6O9S2. The van der Waals surface area contributed by atoms with E-state index in [-0.39, 0.29) is 54.0 Å². The van der Waals surface area contributed by atoms with E-state index >= 15 is 0 Å². The largest absolute Gasteiger partial charge is 0.461 e. The van der Waals surface area contributed by atoms with E-state index in [9.17, 15) is 29.3 Å². The quantitative estimate of drug-likeness (QED) is 0.0879. The average Bonchev–Trinajstić information content (AvgIpc) is 3.40. The summed E-state index contributed by atoms with van der Waals surface area (Å²) in [5, 5.41) is 18.3. The summed E-state index contributed by atoms with van der Waals surface area (Å²) in [5.74, 6) is -2.03. The number of thioether (sulfide) groups is 1. The van der Waals surface area contributed by atoms with Crippen LogP contribution in [0.15, 0.2) is 46.6 Å². The van der Waals surface area contributed by atoms with Crippen molar-refractivity contribution in [1.29, 1.82) is 0 Å². The van der Waals surface area contributed by atoms with Crippen LogP contribution < -0.4 is 11.1 Å². The SMILES string of the molecule is CON=C(C(=O)NC1C(=O)N2C(C(=O)OCCCC(=O)OCc3ccc([N+](=O)[O-])cc3)=CCS[C@H]12)c1csc(N)n1. The maximum absolute atomic E-state index is 12.9. The number of thiazole rings is 1. The fourth-order valence-corrected chi connectivity index (χ4v) is 5.58. The fourth-order valence-electron chi connectivity index (χ4n) is 3.84. The second-order valence-corrected chi connectivity index (χ2v) is 10.5. The highest BCUT2D eigenvalue weighted by Gasteiger charge is 2.53. The molecule has 3 N–H and O–H groups in total. The van der Waals surface area contributed by atoms with Gasteiger partial charge in [-0.15, -0.1) is 23.1 Å². The number of hydrogen-bond acceptors (Lipinski definition) is 14. The standard InChI is InChI=1S/C24H24N6O9S2/c1-37-28-18(15-12-41-24(25)26-15)20(32)27-19-21(33)29-16(8-10-40-22(19)29)23(34)38-9-2-3-17(31)39-11-13-4-6-14(7-5-13)30(35)36/h4-8,12,19,22H,2-3,9-11H2,1H3,(H2,25,26)(H,27,32)/t19?,22-/m1/s1. The number of nitro groups is 1. The smallest absolute Gasteiger partial charge is 0.354 e. The van der Waals surface area contributed by atoms with Gasteiger partial charge in [-0.2, -0.15) is 0 Å². The molecule has 1 aromatic carbocycles. The van der Waals surface area contributed by atoms with Crippen LogP contribution in [0.5, 0.6) is 0 Å². The molecule has 41 heavy (non-hydrogen) atoms. The molecule has 2 amide bonds. The van der Waals surface area contributed by atoms with Crippen molar-refractivity contribution in [3.8, 4) is 0 Å². The van der Waals surface area contributed by atoms with Gasteiger partial charge in [0.05, 0.1) is 11.5 Å². The summed E-state index contributed by atoms with van der Waals surface area (Å²) in [7, 11) is 1.27. The van der Waals surface area contributed by atoms with Crippen molar-refractivity contribution in [2.45, 2.75) is 30.9 Å². The van der Waals surface area contributed by atoms with Crippen LogP contribution in [-0.2, 0) is 40.1 Å². The molecule has 216 valence electrons. The van der Waals surface area contributed by atoms with Crippen LogP contribution in [0.3, 0.4) is 0 Å². The van der Waals surface area contributed by atoms with E-state index in [1.54, 1.807) is 6.08 Å². The first-order valence-electron chi connectivity index (χ1n) is 12.0. The third-order valence-electron chi connectivity index (χ3n) is 5.81. The third-order valence-corrected chi connectivity index (χ3v) is 7.67.